The molecule has 0 bridgehead atoms. The quantitative estimate of drug-likeness (QED) is 0.653. The van der Waals surface area contributed by atoms with Gasteiger partial charge in [-0.1, -0.05) is 42.5 Å². The van der Waals surface area contributed by atoms with Crippen LogP contribution in [0.15, 0.2) is 71.5 Å². The number of nitrogens with zero attached hydrogens (tertiary/aromatic N) is 1. The largest absolute Gasteiger partial charge is 0.445 e. The van der Waals surface area contributed by atoms with Gasteiger partial charge in [-0.15, -0.1) is 0 Å². The van der Waals surface area contributed by atoms with Crippen LogP contribution >= 0.6 is 0 Å². The summed E-state index contributed by atoms with van der Waals surface area (Å²) in [5.74, 6) is 0.657. The van der Waals surface area contributed by atoms with Crippen molar-refractivity contribution in [2.45, 2.75) is 0 Å². The predicted molar refractivity (Wildman–Crippen MR) is 67.4 cm³/mol. The van der Waals surface area contributed by atoms with Crippen molar-refractivity contribution in [1.82, 2.24) is 4.98 Å². The zero-order valence-electron chi connectivity index (χ0n) is 9.21. The molecule has 0 saturated heterocycles. The molecule has 1 heterocycles. The normalized spacial score (nSPS) is 10.4. The fourth-order valence-corrected chi connectivity index (χ4v) is 1.80. The van der Waals surface area contributed by atoms with E-state index in [-0.39, 0.29) is 0 Å². The van der Waals surface area contributed by atoms with E-state index in [4.69, 9.17) is 4.42 Å². The second-order valence-corrected chi connectivity index (χ2v) is 3.78. The maximum absolute atomic E-state index is 5.25. The SMILES string of the molecule is c1ccc(-c2ccc(-c3ncco3)cc2)cc1. The summed E-state index contributed by atoms with van der Waals surface area (Å²) in [6.07, 6.45) is 3.24. The van der Waals surface area contributed by atoms with Crippen molar-refractivity contribution in [1.29, 1.82) is 0 Å². The number of rotatable bonds is 2. The van der Waals surface area contributed by atoms with Crippen molar-refractivity contribution in [3.63, 3.8) is 0 Å². The highest BCUT2D eigenvalue weighted by Crippen LogP contribution is 2.23. The number of hydrogen-bond donors (Lipinski definition) is 0. The van der Waals surface area contributed by atoms with Gasteiger partial charge in [0.2, 0.25) is 5.89 Å². The fourth-order valence-electron chi connectivity index (χ4n) is 1.80. The van der Waals surface area contributed by atoms with E-state index in [0.717, 1.165) is 5.56 Å². The van der Waals surface area contributed by atoms with Crippen LogP contribution in [-0.2, 0) is 0 Å². The van der Waals surface area contributed by atoms with Crippen LogP contribution in [0.3, 0.4) is 0 Å². The lowest BCUT2D eigenvalue weighted by Crippen LogP contribution is -1.79. The highest BCUT2D eigenvalue weighted by atomic mass is 16.3. The first kappa shape index (κ1) is 9.85. The van der Waals surface area contributed by atoms with Gasteiger partial charge < -0.3 is 4.42 Å². The van der Waals surface area contributed by atoms with Gasteiger partial charge in [0.25, 0.3) is 0 Å². The van der Waals surface area contributed by atoms with Crippen molar-refractivity contribution in [2.75, 3.05) is 0 Å². The Morgan fingerprint density at radius 1 is 0.706 bits per heavy atom. The lowest BCUT2D eigenvalue weighted by atomic mass is 10.0. The number of benzene rings is 2. The second kappa shape index (κ2) is 4.26. The van der Waals surface area contributed by atoms with Crippen LogP contribution in [0.2, 0.25) is 0 Å². The average molecular weight is 221 g/mol. The Morgan fingerprint density at radius 3 is 2.00 bits per heavy atom. The van der Waals surface area contributed by atoms with Gasteiger partial charge >= 0.3 is 0 Å². The van der Waals surface area contributed by atoms with Crippen LogP contribution in [0.5, 0.6) is 0 Å². The molecule has 0 aliphatic carbocycles. The molecule has 0 unspecified atom stereocenters. The number of oxazole rings is 1. The Kier molecular flexibility index (Phi) is 2.47. The Hall–Kier alpha value is -2.35. The van der Waals surface area contributed by atoms with Gasteiger partial charge in [0.05, 0.1) is 6.20 Å². The molecule has 17 heavy (non-hydrogen) atoms. The zero-order valence-corrected chi connectivity index (χ0v) is 9.21. The highest BCUT2D eigenvalue weighted by Gasteiger charge is 2.02. The Bertz CT molecular complexity index is 583. The molecule has 0 aliphatic heterocycles. The summed E-state index contributed by atoms with van der Waals surface area (Å²) in [6, 6.07) is 18.5. The molecule has 1 aromatic heterocycles. The van der Waals surface area contributed by atoms with Gasteiger partial charge in [-0.3, -0.25) is 0 Å². The summed E-state index contributed by atoms with van der Waals surface area (Å²) >= 11 is 0. The maximum Gasteiger partial charge on any atom is 0.225 e. The standard InChI is InChI=1S/C15H11NO/c1-2-4-12(5-3-1)13-6-8-14(9-7-13)15-16-10-11-17-15/h1-11H. The van der Waals surface area contributed by atoms with E-state index >= 15 is 0 Å². The smallest absolute Gasteiger partial charge is 0.225 e. The minimum atomic E-state index is 0.657. The Balaban J connectivity index is 1.96. The van der Waals surface area contributed by atoms with E-state index in [0.29, 0.717) is 5.89 Å². The summed E-state index contributed by atoms with van der Waals surface area (Å²) in [5, 5.41) is 0. The first-order valence-electron chi connectivity index (χ1n) is 5.49. The Morgan fingerprint density at radius 2 is 1.35 bits per heavy atom. The topological polar surface area (TPSA) is 26.0 Å². The van der Waals surface area contributed by atoms with Gasteiger partial charge in [0.1, 0.15) is 6.26 Å². The predicted octanol–water partition coefficient (Wildman–Crippen LogP) is 4.01. The molecule has 2 heteroatoms. The van der Waals surface area contributed by atoms with Crippen molar-refractivity contribution in [3.05, 3.63) is 67.1 Å². The molecule has 0 radical (unpaired) electrons. The second-order valence-electron chi connectivity index (χ2n) is 3.78. The summed E-state index contributed by atoms with van der Waals surface area (Å²) in [5.41, 5.74) is 3.40. The molecule has 2 nitrogen and oxygen atoms in total. The summed E-state index contributed by atoms with van der Waals surface area (Å²) in [6.45, 7) is 0. The van der Waals surface area contributed by atoms with Gasteiger partial charge in [-0.2, -0.15) is 0 Å². The molecule has 0 aliphatic rings. The summed E-state index contributed by atoms with van der Waals surface area (Å²) < 4.78 is 5.25. The molecule has 0 saturated carbocycles. The molecule has 0 N–H and O–H groups in total. The van der Waals surface area contributed by atoms with E-state index in [2.05, 4.69) is 29.2 Å². The summed E-state index contributed by atoms with van der Waals surface area (Å²) in [7, 11) is 0. The highest BCUT2D eigenvalue weighted by molar-refractivity contribution is 5.67. The van der Waals surface area contributed by atoms with Gasteiger partial charge in [0.15, 0.2) is 0 Å². The van der Waals surface area contributed by atoms with Gasteiger partial charge in [0, 0.05) is 5.56 Å². The van der Waals surface area contributed by atoms with Crippen LogP contribution < -0.4 is 0 Å². The fraction of sp³-hybridized carbons (Fsp3) is 0. The zero-order chi connectivity index (χ0) is 11.5. The van der Waals surface area contributed by atoms with Crippen LogP contribution in [0.4, 0.5) is 0 Å². The first-order chi connectivity index (χ1) is 8.43. The molecule has 0 spiro atoms. The molecule has 3 aromatic rings. The molecule has 0 atom stereocenters. The van der Waals surface area contributed by atoms with Crippen LogP contribution in [0, 0.1) is 0 Å². The number of hydrogen-bond acceptors (Lipinski definition) is 2. The van der Waals surface area contributed by atoms with E-state index in [1.165, 1.54) is 11.1 Å². The lowest BCUT2D eigenvalue weighted by molar-refractivity contribution is 0.574. The van der Waals surface area contributed by atoms with Crippen molar-refractivity contribution in [2.24, 2.45) is 0 Å². The molecule has 3 rings (SSSR count). The van der Waals surface area contributed by atoms with Gasteiger partial charge in [-0.25, -0.2) is 4.98 Å². The molecular formula is C15H11NO. The van der Waals surface area contributed by atoms with E-state index in [1.54, 1.807) is 12.5 Å². The minimum Gasteiger partial charge on any atom is -0.445 e. The third kappa shape index (κ3) is 1.97. The van der Waals surface area contributed by atoms with Crippen LogP contribution in [-0.4, -0.2) is 4.98 Å². The van der Waals surface area contributed by atoms with E-state index in [9.17, 15) is 0 Å². The van der Waals surface area contributed by atoms with E-state index < -0.39 is 0 Å². The molecular weight excluding hydrogens is 210 g/mol. The minimum absolute atomic E-state index is 0.657. The average Bonchev–Trinajstić information content (AvgIpc) is 2.94. The molecule has 82 valence electrons. The molecule has 0 fully saturated rings. The van der Waals surface area contributed by atoms with Crippen molar-refractivity contribution >= 4 is 0 Å². The molecule has 2 aromatic carbocycles. The number of aromatic nitrogens is 1. The summed E-state index contributed by atoms with van der Waals surface area (Å²) in [4.78, 5) is 4.12. The Labute approximate surface area is 99.6 Å². The lowest BCUT2D eigenvalue weighted by Gasteiger charge is -2.02. The van der Waals surface area contributed by atoms with Crippen LogP contribution in [0.25, 0.3) is 22.6 Å². The van der Waals surface area contributed by atoms with Crippen molar-refractivity contribution < 1.29 is 4.42 Å². The third-order valence-electron chi connectivity index (χ3n) is 2.67. The van der Waals surface area contributed by atoms with E-state index in [1.807, 2.05) is 30.3 Å². The third-order valence-corrected chi connectivity index (χ3v) is 2.67. The first-order valence-corrected chi connectivity index (χ1v) is 5.49. The molecule has 0 amide bonds. The maximum atomic E-state index is 5.25. The monoisotopic (exact) mass is 221 g/mol. The van der Waals surface area contributed by atoms with Crippen LogP contribution in [0.1, 0.15) is 0 Å². The van der Waals surface area contributed by atoms with Crippen molar-refractivity contribution in [3.8, 4) is 22.6 Å². The van der Waals surface area contributed by atoms with Gasteiger partial charge in [-0.05, 0) is 23.3 Å².